The van der Waals surface area contributed by atoms with Crippen LogP contribution in [0.25, 0.3) is 0 Å². The van der Waals surface area contributed by atoms with E-state index in [4.69, 9.17) is 14.2 Å². The summed E-state index contributed by atoms with van der Waals surface area (Å²) in [5, 5.41) is 3.26. The summed E-state index contributed by atoms with van der Waals surface area (Å²) in [5.41, 5.74) is 2.30. The van der Waals surface area contributed by atoms with Gasteiger partial charge in [-0.1, -0.05) is 25.1 Å². The van der Waals surface area contributed by atoms with E-state index in [-0.39, 0.29) is 30.3 Å². The molecule has 0 bridgehead atoms. The highest BCUT2D eigenvalue weighted by Gasteiger charge is 2.42. The number of ether oxygens (including phenoxy) is 3. The maximum Gasteiger partial charge on any atom is 0.416 e. The Bertz CT molecular complexity index is 1330. The summed E-state index contributed by atoms with van der Waals surface area (Å²) in [4.78, 5) is 27.1. The number of nitrogens with one attached hydrogen (secondary N) is 1. The standard InChI is InChI=1S/C30H32F3NO5S/c1-5-40-13-12-39-29(36)26-17(2)34-22-14-20(19-8-11-24(37-3)25(16-19)38-4)15-23(35)28(22)27(26)18-6-9-21(10-7-18)30(31,32)33/h6-11,16,20,27,34H,5,12-15H2,1-4H3/t20-,27+/m0/s1. The molecule has 2 aromatic carbocycles. The molecule has 2 aliphatic rings. The number of halogens is 3. The average molecular weight is 576 g/mol. The second-order valence-corrected chi connectivity index (χ2v) is 11.0. The van der Waals surface area contributed by atoms with Crippen LogP contribution in [0.5, 0.6) is 11.5 Å². The minimum atomic E-state index is -4.51. The third-order valence-corrected chi connectivity index (χ3v) is 8.03. The molecule has 1 aliphatic carbocycles. The van der Waals surface area contributed by atoms with E-state index in [1.165, 1.54) is 12.1 Å². The lowest BCUT2D eigenvalue weighted by molar-refractivity contribution is -0.139. The zero-order valence-corrected chi connectivity index (χ0v) is 23.6. The predicted octanol–water partition coefficient (Wildman–Crippen LogP) is 6.38. The SMILES string of the molecule is CCSCCOC(=O)C1=C(C)NC2=C(C(=O)C[C@@H](c3ccc(OC)c(OC)c3)C2)[C@@H]1c1ccc(C(F)(F)F)cc1. The maximum atomic E-state index is 13.8. The van der Waals surface area contributed by atoms with Crippen LogP contribution in [0.15, 0.2) is 65.0 Å². The van der Waals surface area contributed by atoms with E-state index in [9.17, 15) is 22.8 Å². The van der Waals surface area contributed by atoms with E-state index < -0.39 is 23.6 Å². The molecule has 0 saturated heterocycles. The fourth-order valence-electron chi connectivity index (χ4n) is 5.27. The number of methoxy groups -OCH3 is 2. The third-order valence-electron chi connectivity index (χ3n) is 7.16. The van der Waals surface area contributed by atoms with E-state index in [2.05, 4.69) is 5.32 Å². The van der Waals surface area contributed by atoms with Gasteiger partial charge in [-0.05, 0) is 60.4 Å². The minimum Gasteiger partial charge on any atom is -0.493 e. The molecule has 0 saturated carbocycles. The Balaban J connectivity index is 1.73. The zero-order valence-electron chi connectivity index (χ0n) is 22.8. The van der Waals surface area contributed by atoms with Gasteiger partial charge in [0.25, 0.3) is 0 Å². The number of rotatable bonds is 9. The summed E-state index contributed by atoms with van der Waals surface area (Å²) < 4.78 is 56.2. The van der Waals surface area contributed by atoms with Gasteiger partial charge in [-0.3, -0.25) is 4.79 Å². The van der Waals surface area contributed by atoms with Crippen LogP contribution in [-0.2, 0) is 20.5 Å². The van der Waals surface area contributed by atoms with Crippen molar-refractivity contribution in [1.82, 2.24) is 5.32 Å². The van der Waals surface area contributed by atoms with Crippen molar-refractivity contribution in [3.8, 4) is 11.5 Å². The molecule has 4 rings (SSSR count). The molecular formula is C30H32F3NO5S. The lowest BCUT2D eigenvalue weighted by Gasteiger charge is -2.37. The number of esters is 1. The number of ketones is 1. The van der Waals surface area contributed by atoms with Gasteiger partial charge in [-0.15, -0.1) is 0 Å². The fraction of sp³-hybridized carbons (Fsp3) is 0.400. The average Bonchev–Trinajstić information content (AvgIpc) is 2.93. The van der Waals surface area contributed by atoms with Crippen molar-refractivity contribution in [1.29, 1.82) is 0 Å². The molecule has 0 aromatic heterocycles. The number of hydrogen-bond acceptors (Lipinski definition) is 7. The fourth-order valence-corrected chi connectivity index (χ4v) is 5.76. The Morgan fingerprint density at radius 3 is 2.33 bits per heavy atom. The van der Waals surface area contributed by atoms with Crippen molar-refractivity contribution in [2.24, 2.45) is 0 Å². The number of Topliss-reactive ketones (excluding diaryl/α,β-unsaturated/α-hetero) is 1. The van der Waals surface area contributed by atoms with Gasteiger partial charge in [0, 0.05) is 35.1 Å². The number of dihydropyridines is 1. The van der Waals surface area contributed by atoms with Gasteiger partial charge in [0.05, 0.1) is 25.4 Å². The van der Waals surface area contributed by atoms with E-state index in [0.717, 1.165) is 23.4 Å². The van der Waals surface area contributed by atoms with E-state index in [1.807, 2.05) is 19.1 Å². The molecule has 0 amide bonds. The van der Waals surface area contributed by atoms with E-state index >= 15 is 0 Å². The Kier molecular flexibility index (Phi) is 9.18. The first-order valence-electron chi connectivity index (χ1n) is 13.0. The van der Waals surface area contributed by atoms with Gasteiger partial charge >= 0.3 is 12.1 Å². The van der Waals surface area contributed by atoms with Crippen LogP contribution < -0.4 is 14.8 Å². The second-order valence-electron chi connectivity index (χ2n) is 9.58. The van der Waals surface area contributed by atoms with Gasteiger partial charge in [0.15, 0.2) is 17.3 Å². The topological polar surface area (TPSA) is 73.9 Å². The van der Waals surface area contributed by atoms with Crippen LogP contribution in [0.1, 0.15) is 55.2 Å². The van der Waals surface area contributed by atoms with Gasteiger partial charge in [0.1, 0.15) is 6.61 Å². The monoisotopic (exact) mass is 575 g/mol. The molecule has 6 nitrogen and oxygen atoms in total. The Morgan fingerprint density at radius 2 is 1.70 bits per heavy atom. The van der Waals surface area contributed by atoms with Gasteiger partial charge in [0.2, 0.25) is 0 Å². The van der Waals surface area contributed by atoms with E-state index in [0.29, 0.717) is 46.2 Å². The molecule has 10 heteroatoms. The number of alkyl halides is 3. The Labute approximate surface area is 235 Å². The minimum absolute atomic E-state index is 0.167. The molecule has 0 spiro atoms. The number of carbonyl (C=O) groups is 2. The summed E-state index contributed by atoms with van der Waals surface area (Å²) in [6.07, 6.45) is -3.86. The number of hydrogen-bond donors (Lipinski definition) is 1. The van der Waals surface area contributed by atoms with E-state index in [1.54, 1.807) is 39.0 Å². The summed E-state index contributed by atoms with van der Waals surface area (Å²) >= 11 is 1.62. The molecular weight excluding hydrogens is 543 g/mol. The quantitative estimate of drug-likeness (QED) is 0.275. The van der Waals surface area contributed by atoms with Crippen molar-refractivity contribution in [3.05, 3.63) is 81.7 Å². The smallest absolute Gasteiger partial charge is 0.416 e. The number of thioether (sulfide) groups is 1. The summed E-state index contributed by atoms with van der Waals surface area (Å²) in [6, 6.07) is 10.2. The molecule has 0 radical (unpaired) electrons. The zero-order chi connectivity index (χ0) is 29.0. The van der Waals surface area contributed by atoms with Crippen LogP contribution >= 0.6 is 11.8 Å². The van der Waals surface area contributed by atoms with Crippen LogP contribution in [0.4, 0.5) is 13.2 Å². The first kappa shape index (κ1) is 29.6. The summed E-state index contributed by atoms with van der Waals surface area (Å²) in [5.74, 6) is 0.835. The molecule has 1 N–H and O–H groups in total. The summed E-state index contributed by atoms with van der Waals surface area (Å²) in [7, 11) is 3.09. The summed E-state index contributed by atoms with van der Waals surface area (Å²) in [6.45, 7) is 3.92. The first-order valence-corrected chi connectivity index (χ1v) is 14.1. The molecule has 0 unspecified atom stereocenters. The first-order chi connectivity index (χ1) is 19.1. The highest BCUT2D eigenvalue weighted by atomic mass is 32.2. The normalized spacial score (nSPS) is 19.2. The van der Waals surface area contributed by atoms with Crippen LogP contribution in [0.2, 0.25) is 0 Å². The largest absolute Gasteiger partial charge is 0.493 e. The third kappa shape index (κ3) is 6.16. The molecule has 40 heavy (non-hydrogen) atoms. The van der Waals surface area contributed by atoms with Gasteiger partial charge in [-0.2, -0.15) is 24.9 Å². The molecule has 1 aliphatic heterocycles. The number of allylic oxidation sites excluding steroid dienone is 3. The lowest BCUT2D eigenvalue weighted by atomic mass is 9.71. The lowest BCUT2D eigenvalue weighted by Crippen LogP contribution is -2.36. The van der Waals surface area contributed by atoms with Crippen LogP contribution in [-0.4, -0.2) is 44.1 Å². The van der Waals surface area contributed by atoms with Crippen molar-refractivity contribution in [2.75, 3.05) is 32.3 Å². The van der Waals surface area contributed by atoms with Crippen molar-refractivity contribution in [3.63, 3.8) is 0 Å². The second kappa shape index (κ2) is 12.4. The predicted molar refractivity (Wildman–Crippen MR) is 148 cm³/mol. The highest BCUT2D eigenvalue weighted by molar-refractivity contribution is 7.99. The molecule has 2 atom stereocenters. The van der Waals surface area contributed by atoms with Crippen molar-refractivity contribution in [2.45, 2.75) is 44.7 Å². The maximum absolute atomic E-state index is 13.8. The molecule has 1 heterocycles. The van der Waals surface area contributed by atoms with Gasteiger partial charge < -0.3 is 19.5 Å². The molecule has 0 fully saturated rings. The van der Waals surface area contributed by atoms with Crippen LogP contribution in [0, 0.1) is 0 Å². The Morgan fingerprint density at radius 1 is 1.02 bits per heavy atom. The number of carbonyl (C=O) groups excluding carboxylic acids is 2. The molecule has 2 aromatic rings. The Hall–Kier alpha value is -3.40. The molecule has 214 valence electrons. The van der Waals surface area contributed by atoms with Gasteiger partial charge in [-0.25, -0.2) is 4.79 Å². The highest BCUT2D eigenvalue weighted by Crippen LogP contribution is 2.47. The van der Waals surface area contributed by atoms with Crippen molar-refractivity contribution >= 4 is 23.5 Å². The van der Waals surface area contributed by atoms with Crippen LogP contribution in [0.3, 0.4) is 0 Å². The number of benzene rings is 2. The van der Waals surface area contributed by atoms with Crippen molar-refractivity contribution < 1.29 is 37.0 Å².